The van der Waals surface area contributed by atoms with Crippen molar-refractivity contribution in [3.8, 4) is 17.1 Å². The van der Waals surface area contributed by atoms with Gasteiger partial charge in [-0.05, 0) is 180 Å². The summed E-state index contributed by atoms with van der Waals surface area (Å²) in [5, 5.41) is 16.6. The number of amides is 3. The van der Waals surface area contributed by atoms with E-state index in [0.717, 1.165) is 35.8 Å². The normalized spacial score (nSPS) is 20.7. The van der Waals surface area contributed by atoms with Gasteiger partial charge in [0.1, 0.15) is 17.3 Å². The lowest BCUT2D eigenvalue weighted by Crippen LogP contribution is -2.52. The number of ketones is 1. The first kappa shape index (κ1) is 59.8. The van der Waals surface area contributed by atoms with Crippen molar-refractivity contribution in [1.82, 2.24) is 40.4 Å². The highest BCUT2D eigenvalue weighted by atomic mass is 16.5. The number of nitrogens with one attached hydrogen (secondary N) is 3. The van der Waals surface area contributed by atoms with Crippen molar-refractivity contribution in [2.24, 2.45) is 23.7 Å². The molecule has 16 nitrogen and oxygen atoms in total. The van der Waals surface area contributed by atoms with Crippen molar-refractivity contribution >= 4 is 34.4 Å². The maximum Gasteiger partial charge on any atom is 0.295 e. The van der Waals surface area contributed by atoms with Crippen LogP contribution in [0.1, 0.15) is 184 Å². The summed E-state index contributed by atoms with van der Waals surface area (Å²) in [4.78, 5) is 60.1. The molecule has 0 atom stereocenters. The number of Topliss-reactive ketones (excluding diaryl/α,β-unsaturated/α-hetero) is 1. The quantitative estimate of drug-likeness (QED) is 0.0394. The van der Waals surface area contributed by atoms with Gasteiger partial charge in [-0.25, -0.2) is 4.68 Å². The smallest absolute Gasteiger partial charge is 0.295 e. The van der Waals surface area contributed by atoms with Crippen molar-refractivity contribution in [2.45, 2.75) is 193 Å². The topological polar surface area (TPSA) is 186 Å². The molecule has 1 aliphatic heterocycles. The fourth-order valence-corrected chi connectivity index (χ4v) is 13.5. The zero-order valence-corrected chi connectivity index (χ0v) is 50.0. The van der Waals surface area contributed by atoms with Crippen molar-refractivity contribution in [1.29, 1.82) is 0 Å². The number of piperazine rings is 1. The van der Waals surface area contributed by atoms with Crippen molar-refractivity contribution < 1.29 is 37.8 Å². The summed E-state index contributed by atoms with van der Waals surface area (Å²) in [5.74, 6) is 3.82. The summed E-state index contributed by atoms with van der Waals surface area (Å²) in [6.07, 6.45) is 23.2. The van der Waals surface area contributed by atoms with Gasteiger partial charge in [0.15, 0.2) is 0 Å². The molecule has 0 radical (unpaired) electrons. The fourth-order valence-electron chi connectivity index (χ4n) is 13.5. The number of ether oxygens (including phenoxy) is 3. The Bertz CT molecular complexity index is 2910. The van der Waals surface area contributed by atoms with E-state index >= 15 is 0 Å². The monoisotopic (exact) mass is 1110 g/mol. The molecule has 4 aliphatic rings. The number of fused-ring (bicyclic) bond motifs is 1. The summed E-state index contributed by atoms with van der Waals surface area (Å²) in [5.41, 5.74) is 1.33. The number of carbonyl (C=O) groups is 4. The second-order valence-electron chi connectivity index (χ2n) is 26.5. The molecule has 9 rings (SSSR count). The van der Waals surface area contributed by atoms with Gasteiger partial charge in [-0.3, -0.25) is 19.2 Å². The predicted octanol–water partition coefficient (Wildman–Crippen LogP) is 11.5. The number of nitrogens with zero attached hydrogens (tertiary/aromatic N) is 5. The van der Waals surface area contributed by atoms with Crippen LogP contribution < -0.4 is 15.4 Å². The lowest BCUT2D eigenvalue weighted by atomic mass is 9.68. The molecule has 3 amide bonds. The lowest BCUT2D eigenvalue weighted by molar-refractivity contribution is -0.128. The van der Waals surface area contributed by atoms with E-state index in [-0.39, 0.29) is 54.5 Å². The lowest BCUT2D eigenvalue weighted by Gasteiger charge is -2.41. The molecule has 3 aromatic heterocycles. The summed E-state index contributed by atoms with van der Waals surface area (Å²) < 4.78 is 26.7. The molecule has 16 heteroatoms. The molecule has 4 heterocycles. The van der Waals surface area contributed by atoms with Gasteiger partial charge in [0.05, 0.1) is 59.0 Å². The third-order valence-electron chi connectivity index (χ3n) is 18.4. The highest BCUT2D eigenvalue weighted by molar-refractivity contribution is 6.45. The van der Waals surface area contributed by atoms with Crippen LogP contribution in [0.4, 0.5) is 0 Å². The van der Waals surface area contributed by atoms with E-state index in [1.54, 1.807) is 35.2 Å². The van der Waals surface area contributed by atoms with Gasteiger partial charge in [0.2, 0.25) is 5.91 Å². The molecule has 0 bridgehead atoms. The second-order valence-corrected chi connectivity index (χ2v) is 26.5. The molecular weight excluding hydrogens is 1020 g/mol. The molecule has 3 aliphatic carbocycles. The van der Waals surface area contributed by atoms with Crippen molar-refractivity contribution in [3.05, 3.63) is 89.6 Å². The van der Waals surface area contributed by atoms with Crippen molar-refractivity contribution in [3.63, 3.8) is 0 Å². The summed E-state index contributed by atoms with van der Waals surface area (Å²) in [6, 6.07) is 16.8. The Morgan fingerprint density at radius 1 is 0.716 bits per heavy atom. The first-order valence-corrected chi connectivity index (χ1v) is 30.4. The summed E-state index contributed by atoms with van der Waals surface area (Å²) in [7, 11) is 1.51. The van der Waals surface area contributed by atoms with E-state index in [1.807, 2.05) is 49.0 Å². The number of carbonyl (C=O) groups excluding carboxylic acids is 4. The second kappa shape index (κ2) is 25.7. The van der Waals surface area contributed by atoms with Crippen LogP contribution in [0.2, 0.25) is 0 Å². The molecular formula is C65H92N8O8. The van der Waals surface area contributed by atoms with Gasteiger partial charge in [-0.15, -0.1) is 5.10 Å². The Morgan fingerprint density at radius 2 is 1.33 bits per heavy atom. The molecule has 3 N–H and O–H groups in total. The molecule has 3 saturated carbocycles. The van der Waals surface area contributed by atoms with Gasteiger partial charge in [-0.2, -0.15) is 0 Å². The zero-order valence-electron chi connectivity index (χ0n) is 50.0. The summed E-state index contributed by atoms with van der Waals surface area (Å²) >= 11 is 0. The number of rotatable bonds is 24. The minimum Gasteiger partial charge on any atom is -0.496 e. The van der Waals surface area contributed by atoms with Crippen LogP contribution in [0.15, 0.2) is 71.4 Å². The van der Waals surface area contributed by atoms with Crippen molar-refractivity contribution in [2.75, 3.05) is 46.5 Å². The van der Waals surface area contributed by atoms with Gasteiger partial charge < -0.3 is 44.0 Å². The van der Waals surface area contributed by atoms with E-state index in [9.17, 15) is 19.2 Å². The highest BCUT2D eigenvalue weighted by Gasteiger charge is 2.37. The third kappa shape index (κ3) is 15.2. The molecule has 0 unspecified atom stereocenters. The van der Waals surface area contributed by atoms with E-state index in [2.05, 4.69) is 67.5 Å². The predicted molar refractivity (Wildman–Crippen MR) is 315 cm³/mol. The number of hydrogen-bond acceptors (Lipinski definition) is 11. The van der Waals surface area contributed by atoms with E-state index < -0.39 is 22.9 Å². The largest absolute Gasteiger partial charge is 0.496 e. The van der Waals surface area contributed by atoms with Gasteiger partial charge in [-0.1, -0.05) is 49.1 Å². The molecule has 1 saturated heterocycles. The van der Waals surface area contributed by atoms with Crippen LogP contribution in [0.3, 0.4) is 0 Å². The number of furan rings is 1. The third-order valence-corrected chi connectivity index (χ3v) is 18.4. The van der Waals surface area contributed by atoms with Gasteiger partial charge in [0.25, 0.3) is 17.6 Å². The highest BCUT2D eigenvalue weighted by Crippen LogP contribution is 2.45. The maximum atomic E-state index is 13.8. The average molecular weight is 1110 g/mol. The van der Waals surface area contributed by atoms with E-state index in [1.165, 1.54) is 95.3 Å². The van der Waals surface area contributed by atoms with Crippen LogP contribution in [-0.2, 0) is 37.6 Å². The first-order chi connectivity index (χ1) is 38.7. The first-order valence-electron chi connectivity index (χ1n) is 30.4. The van der Waals surface area contributed by atoms with Gasteiger partial charge in [0, 0.05) is 80.9 Å². The Balaban J connectivity index is 0.680. The number of hydrogen-bond donors (Lipinski definition) is 3. The Labute approximate surface area is 480 Å². The molecule has 4 fully saturated rings. The molecule has 0 spiro atoms. The number of benzene rings is 2. The molecule has 440 valence electrons. The average Bonchev–Trinajstić information content (AvgIpc) is 4.18. The van der Waals surface area contributed by atoms with Crippen LogP contribution in [-0.4, -0.2) is 123 Å². The maximum absolute atomic E-state index is 13.8. The Kier molecular flexibility index (Phi) is 19.0. The standard InChI is InChI=1S/C65H92N8O8/c1-62(2,68-49-25-23-47(24-26-49)46-21-19-45(20-22-46)44-15-13-14-16-44)31-37-79-64(5,6)39-50-43-73(70-69-50)63(3,4)32-38-80-65(7,8)40-56(74)66-41-51-27-29-54(81-51)52-28-30-55(78-9)57-53(42-67-58(52)57)59(75)61(77)72-35-33-71(34-36-72)60(76)48-17-11-10-12-18-48/h10-12,17-18,27-30,42-47,49,67-68H,13-16,19-26,31-41H2,1-9H3,(H,66,74). The zero-order chi connectivity index (χ0) is 57.5. The Hall–Kier alpha value is -5.84. The molecule has 2 aromatic carbocycles. The number of H-pyrrole nitrogens is 1. The van der Waals surface area contributed by atoms with Crippen LogP contribution in [0, 0.1) is 23.7 Å². The van der Waals surface area contributed by atoms with Gasteiger partial charge >= 0.3 is 0 Å². The number of methoxy groups -OCH3 is 1. The number of aromatic nitrogens is 4. The van der Waals surface area contributed by atoms with Crippen LogP contribution in [0.25, 0.3) is 22.2 Å². The molecule has 5 aromatic rings. The minimum atomic E-state index is -0.741. The van der Waals surface area contributed by atoms with E-state index in [0.29, 0.717) is 84.5 Å². The van der Waals surface area contributed by atoms with Crippen LogP contribution >= 0.6 is 0 Å². The Morgan fingerprint density at radius 3 is 2.00 bits per heavy atom. The van der Waals surface area contributed by atoms with Crippen LogP contribution in [0.5, 0.6) is 5.75 Å². The van der Waals surface area contributed by atoms with E-state index in [4.69, 9.17) is 18.6 Å². The number of aromatic amines is 1. The fraction of sp³-hybridized carbons (Fsp3) is 0.631. The SMILES string of the molecule is COc1ccc(-c2ccc(CNC(=O)CC(C)(C)OCCC(C)(C)n3cc(CC(C)(C)OCCC(C)(C)NC4CCC(C5CCC(C6CCCC6)CC5)CC4)nn3)o2)c2[nH]cc(C(=O)C(=O)N3CCN(C(=O)c4ccccc4)CC3)c12. The molecule has 81 heavy (non-hydrogen) atoms. The summed E-state index contributed by atoms with van der Waals surface area (Å²) in [6.45, 7) is 19.4. The minimum absolute atomic E-state index is 0.000263.